The lowest BCUT2D eigenvalue weighted by Crippen LogP contribution is -2.36. The standard InChI is InChI=1S/C13H22BrNO4/c1-13(2,3)19-12(16)15-6-10(14)11(7-15)18-9-4-5-17-8-9/h9-11H,4-8H2,1-3H3. The van der Waals surface area contributed by atoms with Crippen LogP contribution in [0.2, 0.25) is 0 Å². The van der Waals surface area contributed by atoms with Crippen molar-refractivity contribution in [2.75, 3.05) is 26.3 Å². The van der Waals surface area contributed by atoms with E-state index in [4.69, 9.17) is 14.2 Å². The Morgan fingerprint density at radius 1 is 1.37 bits per heavy atom. The van der Waals surface area contributed by atoms with Gasteiger partial charge in [-0.25, -0.2) is 4.79 Å². The Morgan fingerprint density at radius 2 is 2.11 bits per heavy atom. The zero-order valence-corrected chi connectivity index (χ0v) is 13.3. The van der Waals surface area contributed by atoms with Crippen LogP contribution in [-0.4, -0.2) is 59.9 Å². The van der Waals surface area contributed by atoms with Gasteiger partial charge in [0.1, 0.15) is 5.60 Å². The van der Waals surface area contributed by atoms with Crippen molar-refractivity contribution in [2.45, 2.75) is 49.8 Å². The number of carbonyl (C=O) groups excluding carboxylic acids is 1. The first-order valence-corrected chi connectivity index (χ1v) is 7.62. The van der Waals surface area contributed by atoms with Crippen LogP contribution in [0.1, 0.15) is 27.2 Å². The summed E-state index contributed by atoms with van der Waals surface area (Å²) in [5.41, 5.74) is -0.461. The summed E-state index contributed by atoms with van der Waals surface area (Å²) in [6.07, 6.45) is 0.830. The molecule has 0 aromatic heterocycles. The zero-order valence-electron chi connectivity index (χ0n) is 11.7. The van der Waals surface area contributed by atoms with Crippen LogP contribution in [0.5, 0.6) is 0 Å². The van der Waals surface area contributed by atoms with Gasteiger partial charge in [-0.2, -0.15) is 0 Å². The van der Waals surface area contributed by atoms with Crippen LogP contribution in [0.15, 0.2) is 0 Å². The van der Waals surface area contributed by atoms with E-state index in [1.165, 1.54) is 0 Å². The number of carbonyl (C=O) groups is 1. The average Bonchev–Trinajstić information content (AvgIpc) is 2.88. The monoisotopic (exact) mass is 335 g/mol. The Balaban J connectivity index is 1.84. The highest BCUT2D eigenvalue weighted by Gasteiger charge is 2.38. The molecule has 3 atom stereocenters. The van der Waals surface area contributed by atoms with Gasteiger partial charge >= 0.3 is 6.09 Å². The summed E-state index contributed by atoms with van der Waals surface area (Å²) in [5.74, 6) is 0. The van der Waals surface area contributed by atoms with E-state index in [9.17, 15) is 4.79 Å². The van der Waals surface area contributed by atoms with Crippen molar-refractivity contribution in [1.82, 2.24) is 4.90 Å². The Hall–Kier alpha value is -0.330. The van der Waals surface area contributed by atoms with Crippen molar-refractivity contribution in [3.05, 3.63) is 0 Å². The lowest BCUT2D eigenvalue weighted by atomic mass is 10.2. The number of rotatable bonds is 2. The zero-order chi connectivity index (χ0) is 14.0. The molecule has 110 valence electrons. The van der Waals surface area contributed by atoms with Crippen LogP contribution in [0, 0.1) is 0 Å². The first-order valence-electron chi connectivity index (χ1n) is 6.70. The lowest BCUT2D eigenvalue weighted by Gasteiger charge is -2.24. The molecular weight excluding hydrogens is 314 g/mol. The minimum atomic E-state index is -0.461. The Bertz CT molecular complexity index is 325. The van der Waals surface area contributed by atoms with E-state index in [0.717, 1.165) is 13.0 Å². The van der Waals surface area contributed by atoms with Crippen molar-refractivity contribution in [3.63, 3.8) is 0 Å². The van der Waals surface area contributed by atoms with Crippen LogP contribution >= 0.6 is 15.9 Å². The molecule has 5 nitrogen and oxygen atoms in total. The molecule has 0 radical (unpaired) electrons. The molecule has 1 amide bonds. The molecule has 2 saturated heterocycles. The normalized spacial score (nSPS) is 31.8. The first kappa shape index (κ1) is 15.1. The summed E-state index contributed by atoms with van der Waals surface area (Å²) < 4.78 is 16.6. The number of alkyl halides is 1. The SMILES string of the molecule is CC(C)(C)OC(=O)N1CC(Br)C(OC2CCOC2)C1. The summed E-state index contributed by atoms with van der Waals surface area (Å²) in [6, 6.07) is 0. The van der Waals surface area contributed by atoms with Crippen LogP contribution in [0.3, 0.4) is 0 Å². The highest BCUT2D eigenvalue weighted by molar-refractivity contribution is 9.09. The van der Waals surface area contributed by atoms with Gasteiger partial charge in [-0.15, -0.1) is 0 Å². The van der Waals surface area contributed by atoms with Crippen LogP contribution in [-0.2, 0) is 14.2 Å². The minimum absolute atomic E-state index is 0.0132. The molecule has 19 heavy (non-hydrogen) atoms. The van der Waals surface area contributed by atoms with Crippen molar-refractivity contribution < 1.29 is 19.0 Å². The highest BCUT2D eigenvalue weighted by Crippen LogP contribution is 2.25. The molecule has 2 heterocycles. The Morgan fingerprint density at radius 3 is 2.68 bits per heavy atom. The largest absolute Gasteiger partial charge is 0.444 e. The summed E-state index contributed by atoms with van der Waals surface area (Å²) in [5, 5.41) is 0. The number of likely N-dealkylation sites (tertiary alicyclic amines) is 1. The molecule has 2 rings (SSSR count). The second-order valence-corrected chi connectivity index (χ2v) is 7.24. The van der Waals surface area contributed by atoms with E-state index >= 15 is 0 Å². The van der Waals surface area contributed by atoms with Gasteiger partial charge in [0.05, 0.1) is 30.2 Å². The molecule has 0 aromatic carbocycles. The minimum Gasteiger partial charge on any atom is -0.444 e. The molecule has 0 spiro atoms. The predicted molar refractivity (Wildman–Crippen MR) is 74.6 cm³/mol. The second-order valence-electron chi connectivity index (χ2n) is 6.06. The number of hydrogen-bond acceptors (Lipinski definition) is 4. The number of amides is 1. The molecule has 0 aliphatic carbocycles. The molecule has 0 N–H and O–H groups in total. The van der Waals surface area contributed by atoms with E-state index in [2.05, 4.69) is 15.9 Å². The van der Waals surface area contributed by atoms with Gasteiger partial charge in [-0.05, 0) is 27.2 Å². The second kappa shape index (κ2) is 5.97. The van der Waals surface area contributed by atoms with Crippen molar-refractivity contribution in [2.24, 2.45) is 0 Å². The maximum atomic E-state index is 12.0. The fourth-order valence-electron chi connectivity index (χ4n) is 2.21. The third-order valence-electron chi connectivity index (χ3n) is 3.11. The molecular formula is C13H22BrNO4. The lowest BCUT2D eigenvalue weighted by molar-refractivity contribution is -0.0118. The highest BCUT2D eigenvalue weighted by atomic mass is 79.9. The van der Waals surface area contributed by atoms with Gasteiger partial charge in [-0.3, -0.25) is 0 Å². The predicted octanol–water partition coefficient (Wildman–Crippen LogP) is 2.17. The first-order chi connectivity index (χ1) is 8.85. The van der Waals surface area contributed by atoms with Gasteiger partial charge in [0, 0.05) is 13.2 Å². The summed E-state index contributed by atoms with van der Waals surface area (Å²) in [4.78, 5) is 13.8. The summed E-state index contributed by atoms with van der Waals surface area (Å²) in [6.45, 7) is 8.22. The van der Waals surface area contributed by atoms with E-state index in [1.807, 2.05) is 20.8 Å². The topological polar surface area (TPSA) is 48.0 Å². The van der Waals surface area contributed by atoms with E-state index in [-0.39, 0.29) is 23.1 Å². The summed E-state index contributed by atoms with van der Waals surface area (Å²) in [7, 11) is 0. The molecule has 3 unspecified atom stereocenters. The van der Waals surface area contributed by atoms with Crippen LogP contribution in [0.25, 0.3) is 0 Å². The quantitative estimate of drug-likeness (QED) is 0.725. The molecule has 2 fully saturated rings. The summed E-state index contributed by atoms with van der Waals surface area (Å²) >= 11 is 3.59. The molecule has 2 aliphatic heterocycles. The number of nitrogens with zero attached hydrogens (tertiary/aromatic N) is 1. The Kier molecular flexibility index (Phi) is 4.74. The van der Waals surface area contributed by atoms with Gasteiger partial charge in [0.2, 0.25) is 0 Å². The van der Waals surface area contributed by atoms with Crippen molar-refractivity contribution in [1.29, 1.82) is 0 Å². The van der Waals surface area contributed by atoms with Crippen molar-refractivity contribution >= 4 is 22.0 Å². The maximum absolute atomic E-state index is 12.0. The van der Waals surface area contributed by atoms with E-state index in [0.29, 0.717) is 19.7 Å². The van der Waals surface area contributed by atoms with Gasteiger partial charge in [0.25, 0.3) is 0 Å². The molecule has 0 aromatic rings. The maximum Gasteiger partial charge on any atom is 0.410 e. The number of halogens is 1. The average molecular weight is 336 g/mol. The number of hydrogen-bond donors (Lipinski definition) is 0. The molecule has 0 saturated carbocycles. The van der Waals surface area contributed by atoms with Crippen LogP contribution < -0.4 is 0 Å². The molecule has 2 aliphatic rings. The fourth-order valence-corrected chi connectivity index (χ4v) is 2.85. The molecule has 0 bridgehead atoms. The van der Waals surface area contributed by atoms with Gasteiger partial charge in [0.15, 0.2) is 0 Å². The van der Waals surface area contributed by atoms with E-state index < -0.39 is 5.60 Å². The fraction of sp³-hybridized carbons (Fsp3) is 0.923. The van der Waals surface area contributed by atoms with E-state index in [1.54, 1.807) is 4.90 Å². The van der Waals surface area contributed by atoms with Gasteiger partial charge in [-0.1, -0.05) is 15.9 Å². The number of ether oxygens (including phenoxy) is 3. The third kappa shape index (κ3) is 4.33. The third-order valence-corrected chi connectivity index (χ3v) is 3.98. The van der Waals surface area contributed by atoms with Gasteiger partial charge < -0.3 is 19.1 Å². The van der Waals surface area contributed by atoms with Crippen molar-refractivity contribution in [3.8, 4) is 0 Å². The Labute approximate surface area is 122 Å². The van der Waals surface area contributed by atoms with Crippen LogP contribution in [0.4, 0.5) is 4.79 Å². The molecule has 6 heteroatoms. The smallest absolute Gasteiger partial charge is 0.410 e.